The number of nitrogens with zero attached hydrogens (tertiary/aromatic N) is 5. The lowest BCUT2D eigenvalue weighted by Gasteiger charge is -2.12. The SMILES string of the molecule is Cc1noc([C@@H](C)NC(=O)c2cc(-c3ccc(F)cc3)c3nc(-c4cccnc4)n(C)c3c2)n1. The van der Waals surface area contributed by atoms with Crippen LogP contribution in [0, 0.1) is 12.7 Å². The summed E-state index contributed by atoms with van der Waals surface area (Å²) in [5.41, 5.74) is 4.19. The Kier molecular flexibility index (Phi) is 5.37. The molecule has 170 valence electrons. The van der Waals surface area contributed by atoms with Crippen molar-refractivity contribution in [3.05, 3.63) is 84.0 Å². The second kappa shape index (κ2) is 8.51. The minimum atomic E-state index is -0.476. The molecule has 1 amide bonds. The molecule has 0 saturated carbocycles. The normalized spacial score (nSPS) is 12.1. The zero-order valence-corrected chi connectivity index (χ0v) is 18.8. The molecule has 0 saturated heterocycles. The molecule has 8 nitrogen and oxygen atoms in total. The van der Waals surface area contributed by atoms with Crippen molar-refractivity contribution in [2.45, 2.75) is 19.9 Å². The fourth-order valence-electron chi connectivity index (χ4n) is 3.85. The van der Waals surface area contributed by atoms with Crippen LogP contribution in [-0.4, -0.2) is 30.6 Å². The van der Waals surface area contributed by atoms with Crippen LogP contribution in [0.5, 0.6) is 0 Å². The Hall–Kier alpha value is -4.40. The Morgan fingerprint density at radius 3 is 2.59 bits per heavy atom. The number of fused-ring (bicyclic) bond motifs is 1. The van der Waals surface area contributed by atoms with Crippen molar-refractivity contribution in [2.24, 2.45) is 7.05 Å². The Bertz CT molecular complexity index is 1490. The van der Waals surface area contributed by atoms with Crippen molar-refractivity contribution in [3.8, 4) is 22.5 Å². The highest BCUT2D eigenvalue weighted by molar-refractivity contribution is 6.03. The molecule has 0 aliphatic heterocycles. The number of hydrogen-bond acceptors (Lipinski definition) is 6. The molecule has 3 aromatic heterocycles. The van der Waals surface area contributed by atoms with Crippen LogP contribution < -0.4 is 5.32 Å². The van der Waals surface area contributed by atoms with E-state index in [-0.39, 0.29) is 11.7 Å². The summed E-state index contributed by atoms with van der Waals surface area (Å²) >= 11 is 0. The maximum Gasteiger partial charge on any atom is 0.252 e. The fraction of sp³-hybridized carbons (Fsp3) is 0.160. The summed E-state index contributed by atoms with van der Waals surface area (Å²) in [6.07, 6.45) is 3.44. The molecule has 0 aliphatic carbocycles. The largest absolute Gasteiger partial charge is 0.341 e. The number of carbonyl (C=O) groups is 1. The molecular formula is C25H21FN6O2. The van der Waals surface area contributed by atoms with E-state index < -0.39 is 6.04 Å². The number of benzene rings is 2. The van der Waals surface area contributed by atoms with Crippen molar-refractivity contribution < 1.29 is 13.7 Å². The number of aromatic nitrogens is 5. The predicted molar refractivity (Wildman–Crippen MR) is 124 cm³/mol. The smallest absolute Gasteiger partial charge is 0.252 e. The van der Waals surface area contributed by atoms with Gasteiger partial charge in [-0.3, -0.25) is 9.78 Å². The molecule has 0 aliphatic rings. The summed E-state index contributed by atoms with van der Waals surface area (Å²) in [6.45, 7) is 3.49. The molecule has 34 heavy (non-hydrogen) atoms. The standard InChI is InChI=1S/C25H21FN6O2/c1-14(25-29-15(2)31-34-25)28-24(33)18-11-20(16-6-8-19(26)9-7-16)22-21(12-18)32(3)23(30-22)17-5-4-10-27-13-17/h4-14H,1-3H3,(H,28,33)/t14-/m1/s1. The van der Waals surface area contributed by atoms with E-state index in [0.717, 1.165) is 22.2 Å². The summed E-state index contributed by atoms with van der Waals surface area (Å²) in [5.74, 6) is 0.880. The van der Waals surface area contributed by atoms with Gasteiger partial charge in [-0.2, -0.15) is 4.98 Å². The Labute approximate surface area is 194 Å². The lowest BCUT2D eigenvalue weighted by atomic mass is 10.0. The van der Waals surface area contributed by atoms with Gasteiger partial charge in [0, 0.05) is 36.1 Å². The average molecular weight is 456 g/mol. The molecule has 2 aromatic carbocycles. The van der Waals surface area contributed by atoms with Gasteiger partial charge in [-0.25, -0.2) is 9.37 Å². The van der Waals surface area contributed by atoms with Gasteiger partial charge in [-0.1, -0.05) is 17.3 Å². The first kappa shape index (κ1) is 21.4. The summed E-state index contributed by atoms with van der Waals surface area (Å²) < 4.78 is 20.7. The maximum absolute atomic E-state index is 13.6. The number of imidazole rings is 1. The van der Waals surface area contributed by atoms with E-state index in [0.29, 0.717) is 28.6 Å². The third-order valence-electron chi connectivity index (χ3n) is 5.59. The topological polar surface area (TPSA) is 98.7 Å². The first-order valence-electron chi connectivity index (χ1n) is 10.7. The van der Waals surface area contributed by atoms with Crippen LogP contribution in [-0.2, 0) is 7.05 Å². The Morgan fingerprint density at radius 2 is 1.91 bits per heavy atom. The molecule has 5 rings (SSSR count). The summed E-state index contributed by atoms with van der Waals surface area (Å²) in [5, 5.41) is 6.68. The lowest BCUT2D eigenvalue weighted by Crippen LogP contribution is -2.27. The van der Waals surface area contributed by atoms with Crippen molar-refractivity contribution in [2.75, 3.05) is 0 Å². The predicted octanol–water partition coefficient (Wildman–Crippen LogP) is 4.62. The number of halogens is 1. The first-order valence-corrected chi connectivity index (χ1v) is 10.7. The van der Waals surface area contributed by atoms with Crippen molar-refractivity contribution in [1.82, 2.24) is 30.0 Å². The number of hydrogen-bond donors (Lipinski definition) is 1. The lowest BCUT2D eigenvalue weighted by molar-refractivity contribution is 0.0932. The van der Waals surface area contributed by atoms with E-state index in [4.69, 9.17) is 9.51 Å². The molecule has 0 radical (unpaired) electrons. The van der Waals surface area contributed by atoms with Crippen molar-refractivity contribution >= 4 is 16.9 Å². The van der Waals surface area contributed by atoms with Gasteiger partial charge < -0.3 is 14.4 Å². The van der Waals surface area contributed by atoms with Crippen molar-refractivity contribution in [3.63, 3.8) is 0 Å². The van der Waals surface area contributed by atoms with Crippen LogP contribution in [0.3, 0.4) is 0 Å². The van der Waals surface area contributed by atoms with E-state index in [1.165, 1.54) is 12.1 Å². The highest BCUT2D eigenvalue weighted by Gasteiger charge is 2.21. The van der Waals surface area contributed by atoms with Crippen LogP contribution in [0.1, 0.15) is 35.0 Å². The van der Waals surface area contributed by atoms with Gasteiger partial charge in [0.15, 0.2) is 5.82 Å². The van der Waals surface area contributed by atoms with Crippen LogP contribution >= 0.6 is 0 Å². The van der Waals surface area contributed by atoms with Crippen LogP contribution in [0.2, 0.25) is 0 Å². The zero-order valence-electron chi connectivity index (χ0n) is 18.8. The number of rotatable bonds is 5. The molecule has 5 aromatic rings. The first-order chi connectivity index (χ1) is 16.4. The van der Waals surface area contributed by atoms with Gasteiger partial charge in [0.25, 0.3) is 5.91 Å². The highest BCUT2D eigenvalue weighted by atomic mass is 19.1. The van der Waals surface area contributed by atoms with Gasteiger partial charge in [0.1, 0.15) is 17.7 Å². The number of carbonyl (C=O) groups excluding carboxylic acids is 1. The number of nitrogens with one attached hydrogen (secondary N) is 1. The summed E-state index contributed by atoms with van der Waals surface area (Å²) in [7, 11) is 1.89. The Morgan fingerprint density at radius 1 is 1.12 bits per heavy atom. The van der Waals surface area contributed by atoms with E-state index in [1.807, 2.05) is 23.7 Å². The second-order valence-electron chi connectivity index (χ2n) is 8.01. The summed E-state index contributed by atoms with van der Waals surface area (Å²) in [6, 6.07) is 13.0. The minimum Gasteiger partial charge on any atom is -0.341 e. The van der Waals surface area contributed by atoms with Crippen molar-refractivity contribution in [1.29, 1.82) is 0 Å². The number of pyridine rings is 1. The quantitative estimate of drug-likeness (QED) is 0.414. The molecular weight excluding hydrogens is 435 g/mol. The van der Waals surface area contributed by atoms with Crippen LogP contribution in [0.25, 0.3) is 33.5 Å². The second-order valence-corrected chi connectivity index (χ2v) is 8.01. The molecule has 1 atom stereocenters. The van der Waals surface area contributed by atoms with E-state index in [9.17, 15) is 9.18 Å². The molecule has 0 bridgehead atoms. The van der Waals surface area contributed by atoms with Gasteiger partial charge in [0.05, 0.1) is 11.0 Å². The zero-order chi connectivity index (χ0) is 23.8. The van der Waals surface area contributed by atoms with Gasteiger partial charge in [0.2, 0.25) is 5.89 Å². The van der Waals surface area contributed by atoms with E-state index in [2.05, 4.69) is 20.4 Å². The van der Waals surface area contributed by atoms with Crippen LogP contribution in [0.4, 0.5) is 4.39 Å². The molecule has 9 heteroatoms. The highest BCUT2D eigenvalue weighted by Crippen LogP contribution is 2.33. The van der Waals surface area contributed by atoms with Gasteiger partial charge in [-0.05, 0) is 55.8 Å². The average Bonchev–Trinajstić information content (AvgIpc) is 3.43. The minimum absolute atomic E-state index is 0.308. The number of aryl methyl sites for hydroxylation is 2. The molecule has 3 heterocycles. The third kappa shape index (κ3) is 3.92. The third-order valence-corrected chi connectivity index (χ3v) is 5.59. The number of amides is 1. The molecule has 0 fully saturated rings. The molecule has 0 spiro atoms. The van der Waals surface area contributed by atoms with E-state index in [1.54, 1.807) is 50.5 Å². The fourth-order valence-corrected chi connectivity index (χ4v) is 3.85. The van der Waals surface area contributed by atoms with Gasteiger partial charge >= 0.3 is 0 Å². The summed E-state index contributed by atoms with van der Waals surface area (Å²) in [4.78, 5) is 26.4. The molecule has 1 N–H and O–H groups in total. The Balaban J connectivity index is 1.63. The molecule has 0 unspecified atom stereocenters. The monoisotopic (exact) mass is 456 g/mol. The van der Waals surface area contributed by atoms with Crippen LogP contribution in [0.15, 0.2) is 65.4 Å². The van der Waals surface area contributed by atoms with E-state index >= 15 is 0 Å². The maximum atomic E-state index is 13.6. The van der Waals surface area contributed by atoms with Gasteiger partial charge in [-0.15, -0.1) is 0 Å².